The second-order valence-electron chi connectivity index (χ2n) is 10.8. The molecule has 8 nitrogen and oxygen atoms in total. The summed E-state index contributed by atoms with van der Waals surface area (Å²) < 4.78 is 11.1. The van der Waals surface area contributed by atoms with Gasteiger partial charge in [0.1, 0.15) is 11.9 Å². The highest BCUT2D eigenvalue weighted by Gasteiger charge is 2.48. The standard InChI is InChI=1S/C27H43N3O5/c1-19(30(2)3)23-12-11-22(16-27(23,33)20-9-8-10-21(15-20)34-4)35-25(32)29-24(31)17-26(18-28)13-6-5-7-14-26/h8-10,15,19,22-23,33H,5-7,11-14,16-18,28H2,1-4H3,(H,29,31,32). The van der Waals surface area contributed by atoms with Crippen molar-refractivity contribution < 1.29 is 24.2 Å². The molecule has 0 aromatic heterocycles. The summed E-state index contributed by atoms with van der Waals surface area (Å²) in [5.41, 5.74) is 5.30. The molecule has 0 radical (unpaired) electrons. The molecule has 4 N–H and O–H groups in total. The first-order valence-corrected chi connectivity index (χ1v) is 12.9. The van der Waals surface area contributed by atoms with E-state index in [1.54, 1.807) is 7.11 Å². The van der Waals surface area contributed by atoms with Gasteiger partial charge in [0.15, 0.2) is 0 Å². The lowest BCUT2D eigenvalue weighted by molar-refractivity contribution is -0.125. The topological polar surface area (TPSA) is 114 Å². The molecule has 0 aliphatic heterocycles. The third-order valence-corrected chi connectivity index (χ3v) is 8.32. The van der Waals surface area contributed by atoms with Crippen LogP contribution >= 0.6 is 0 Å². The van der Waals surface area contributed by atoms with Gasteiger partial charge in [-0.15, -0.1) is 0 Å². The number of amides is 2. The quantitative estimate of drug-likeness (QED) is 0.512. The van der Waals surface area contributed by atoms with Crippen LogP contribution in [0.25, 0.3) is 0 Å². The summed E-state index contributed by atoms with van der Waals surface area (Å²) in [4.78, 5) is 27.4. The number of alkyl carbamates (subject to hydrolysis) is 1. The number of carbonyl (C=O) groups excluding carboxylic acids is 2. The lowest BCUT2D eigenvalue weighted by Gasteiger charge is -2.47. The number of aliphatic hydroxyl groups is 1. The lowest BCUT2D eigenvalue weighted by atomic mass is 9.67. The lowest BCUT2D eigenvalue weighted by Crippen LogP contribution is -2.52. The Labute approximate surface area is 209 Å². The number of methoxy groups -OCH3 is 1. The molecule has 196 valence electrons. The van der Waals surface area contributed by atoms with Crippen molar-refractivity contribution in [1.82, 2.24) is 10.2 Å². The van der Waals surface area contributed by atoms with Crippen molar-refractivity contribution in [3.8, 4) is 5.75 Å². The summed E-state index contributed by atoms with van der Waals surface area (Å²) >= 11 is 0. The second kappa shape index (κ2) is 11.7. The van der Waals surface area contributed by atoms with E-state index in [0.717, 1.165) is 37.7 Å². The first-order chi connectivity index (χ1) is 16.6. The fourth-order valence-corrected chi connectivity index (χ4v) is 5.96. The third-order valence-electron chi connectivity index (χ3n) is 8.32. The zero-order valence-electron chi connectivity index (χ0n) is 21.7. The van der Waals surface area contributed by atoms with E-state index in [2.05, 4.69) is 17.1 Å². The molecular formula is C27H43N3O5. The minimum atomic E-state index is -1.21. The first kappa shape index (κ1) is 27.4. The van der Waals surface area contributed by atoms with Crippen molar-refractivity contribution in [3.05, 3.63) is 29.8 Å². The summed E-state index contributed by atoms with van der Waals surface area (Å²) in [6.45, 7) is 2.54. The van der Waals surface area contributed by atoms with Crippen LogP contribution in [0.3, 0.4) is 0 Å². The number of benzene rings is 1. The van der Waals surface area contributed by atoms with Crippen LogP contribution in [0.2, 0.25) is 0 Å². The number of hydrogen-bond donors (Lipinski definition) is 3. The maximum atomic E-state index is 12.6. The zero-order valence-corrected chi connectivity index (χ0v) is 21.7. The van der Waals surface area contributed by atoms with Gasteiger partial charge in [-0.3, -0.25) is 10.1 Å². The summed E-state index contributed by atoms with van der Waals surface area (Å²) in [7, 11) is 5.59. The molecule has 4 unspecified atom stereocenters. The Morgan fingerprint density at radius 2 is 1.94 bits per heavy atom. The summed E-state index contributed by atoms with van der Waals surface area (Å²) in [5.74, 6) is 0.250. The average molecular weight is 490 g/mol. The third kappa shape index (κ3) is 6.54. The van der Waals surface area contributed by atoms with E-state index < -0.39 is 17.8 Å². The minimum Gasteiger partial charge on any atom is -0.497 e. The van der Waals surface area contributed by atoms with Crippen LogP contribution in [0.5, 0.6) is 5.75 Å². The molecule has 4 atom stereocenters. The van der Waals surface area contributed by atoms with Gasteiger partial charge in [0.2, 0.25) is 5.91 Å². The van der Waals surface area contributed by atoms with Gasteiger partial charge in [-0.25, -0.2) is 4.79 Å². The molecule has 2 saturated carbocycles. The van der Waals surface area contributed by atoms with Crippen LogP contribution in [-0.2, 0) is 15.1 Å². The van der Waals surface area contributed by atoms with Crippen LogP contribution in [0.4, 0.5) is 4.79 Å². The normalized spacial score (nSPS) is 27.2. The molecule has 1 aromatic carbocycles. The Hall–Kier alpha value is -2.16. The molecule has 0 spiro atoms. The Balaban J connectivity index is 1.69. The molecule has 0 heterocycles. The maximum absolute atomic E-state index is 12.6. The molecule has 2 aliphatic rings. The van der Waals surface area contributed by atoms with Crippen molar-refractivity contribution in [2.75, 3.05) is 27.7 Å². The molecule has 2 fully saturated rings. The van der Waals surface area contributed by atoms with Crippen LogP contribution in [0.1, 0.15) is 70.3 Å². The van der Waals surface area contributed by atoms with Gasteiger partial charge in [0, 0.05) is 24.8 Å². The zero-order chi connectivity index (χ0) is 25.6. The number of nitrogens with one attached hydrogen (secondary N) is 1. The van der Waals surface area contributed by atoms with Crippen LogP contribution < -0.4 is 15.8 Å². The molecule has 3 rings (SSSR count). The van der Waals surface area contributed by atoms with Gasteiger partial charge < -0.3 is 25.2 Å². The van der Waals surface area contributed by atoms with Crippen LogP contribution in [0, 0.1) is 11.3 Å². The van der Waals surface area contributed by atoms with Gasteiger partial charge in [-0.2, -0.15) is 0 Å². The van der Waals surface area contributed by atoms with Crippen molar-refractivity contribution in [1.29, 1.82) is 0 Å². The second-order valence-corrected chi connectivity index (χ2v) is 10.8. The highest BCUT2D eigenvalue weighted by molar-refractivity contribution is 5.92. The number of carbonyl (C=O) groups is 2. The Morgan fingerprint density at radius 1 is 1.23 bits per heavy atom. The van der Waals surface area contributed by atoms with Crippen LogP contribution in [0.15, 0.2) is 24.3 Å². The number of nitrogens with two attached hydrogens (primary N) is 1. The predicted molar refractivity (Wildman–Crippen MR) is 135 cm³/mol. The minimum absolute atomic E-state index is 0.0649. The summed E-state index contributed by atoms with van der Waals surface area (Å²) in [6, 6.07) is 7.54. The van der Waals surface area contributed by atoms with Crippen molar-refractivity contribution in [3.63, 3.8) is 0 Å². The van der Waals surface area contributed by atoms with Crippen molar-refractivity contribution in [2.24, 2.45) is 17.1 Å². The van der Waals surface area contributed by atoms with E-state index in [4.69, 9.17) is 15.2 Å². The van der Waals surface area contributed by atoms with E-state index in [1.165, 1.54) is 0 Å². The van der Waals surface area contributed by atoms with Gasteiger partial charge in [0.25, 0.3) is 0 Å². The molecule has 0 saturated heterocycles. The fourth-order valence-electron chi connectivity index (χ4n) is 5.96. The Bertz CT molecular complexity index is 870. The molecule has 2 aliphatic carbocycles. The summed E-state index contributed by atoms with van der Waals surface area (Å²) in [6.07, 6.45) is 5.62. The highest BCUT2D eigenvalue weighted by atomic mass is 16.6. The molecular weight excluding hydrogens is 446 g/mol. The molecule has 35 heavy (non-hydrogen) atoms. The number of imide groups is 1. The number of ether oxygens (including phenoxy) is 2. The Morgan fingerprint density at radius 3 is 2.57 bits per heavy atom. The maximum Gasteiger partial charge on any atom is 0.414 e. The van der Waals surface area contributed by atoms with E-state index in [1.807, 2.05) is 38.4 Å². The molecule has 1 aromatic rings. The Kier molecular flexibility index (Phi) is 9.18. The predicted octanol–water partition coefficient (Wildman–Crippen LogP) is 3.55. The summed E-state index contributed by atoms with van der Waals surface area (Å²) in [5, 5.41) is 14.4. The van der Waals surface area contributed by atoms with Crippen molar-refractivity contribution in [2.45, 2.75) is 82.5 Å². The van der Waals surface area contributed by atoms with Gasteiger partial charge in [-0.1, -0.05) is 31.4 Å². The van der Waals surface area contributed by atoms with E-state index >= 15 is 0 Å². The number of hydrogen-bond acceptors (Lipinski definition) is 7. The first-order valence-electron chi connectivity index (χ1n) is 12.9. The molecule has 0 bridgehead atoms. The SMILES string of the molecule is COc1cccc(C2(O)CC(OC(=O)NC(=O)CC3(CN)CCCCC3)CCC2C(C)N(C)C)c1. The number of nitrogens with zero attached hydrogens (tertiary/aromatic N) is 1. The monoisotopic (exact) mass is 489 g/mol. The van der Waals surface area contributed by atoms with E-state index in [0.29, 0.717) is 25.1 Å². The van der Waals surface area contributed by atoms with Gasteiger partial charge in [0.05, 0.1) is 12.7 Å². The van der Waals surface area contributed by atoms with E-state index in [-0.39, 0.29) is 36.1 Å². The molecule has 2 amide bonds. The van der Waals surface area contributed by atoms with Gasteiger partial charge >= 0.3 is 6.09 Å². The van der Waals surface area contributed by atoms with E-state index in [9.17, 15) is 14.7 Å². The van der Waals surface area contributed by atoms with Gasteiger partial charge in [-0.05, 0) is 76.4 Å². The highest BCUT2D eigenvalue weighted by Crippen LogP contribution is 2.46. The smallest absolute Gasteiger partial charge is 0.414 e. The largest absolute Gasteiger partial charge is 0.497 e. The molecule has 8 heteroatoms. The number of rotatable bonds is 8. The fraction of sp³-hybridized carbons (Fsp3) is 0.704. The average Bonchev–Trinajstić information content (AvgIpc) is 2.84. The van der Waals surface area contributed by atoms with Crippen molar-refractivity contribution >= 4 is 12.0 Å². The van der Waals surface area contributed by atoms with Crippen LogP contribution in [-0.4, -0.2) is 61.9 Å².